The Kier molecular flexibility index (Phi) is 3.03. The summed E-state index contributed by atoms with van der Waals surface area (Å²) >= 11 is 3.05. The van der Waals surface area contributed by atoms with Crippen LogP contribution in [0.4, 0.5) is 4.39 Å². The Balaban J connectivity index is 3.05. The van der Waals surface area contributed by atoms with Crippen LogP contribution in [0.2, 0.25) is 0 Å². The third kappa shape index (κ3) is 1.94. The minimum absolute atomic E-state index is 0.0295. The van der Waals surface area contributed by atoms with Crippen molar-refractivity contribution in [3.8, 4) is 0 Å². The zero-order valence-electron chi connectivity index (χ0n) is 6.60. The molecule has 0 aliphatic rings. The van der Waals surface area contributed by atoms with E-state index in [2.05, 4.69) is 15.9 Å². The molecule has 0 saturated heterocycles. The summed E-state index contributed by atoms with van der Waals surface area (Å²) in [5.41, 5.74) is 1.05. The molecule has 0 aliphatic carbocycles. The summed E-state index contributed by atoms with van der Waals surface area (Å²) < 4.78 is 12.7. The van der Waals surface area contributed by atoms with Crippen LogP contribution in [-0.2, 0) is 0 Å². The van der Waals surface area contributed by atoms with E-state index in [4.69, 9.17) is 0 Å². The summed E-state index contributed by atoms with van der Waals surface area (Å²) in [4.78, 5) is 11.1. The van der Waals surface area contributed by atoms with Gasteiger partial charge in [-0.2, -0.15) is 0 Å². The number of ketones is 1. The number of alkyl halides is 1. The van der Waals surface area contributed by atoms with Crippen LogP contribution in [-0.4, -0.2) is 19.0 Å². The Bertz CT molecular complexity index is 314. The SMILES string of the molecule is Bc1cc(C(=O)CBr)ccc1F. The van der Waals surface area contributed by atoms with Crippen molar-refractivity contribution in [3.63, 3.8) is 0 Å². The lowest BCUT2D eigenvalue weighted by Crippen LogP contribution is -2.12. The fourth-order valence-corrected chi connectivity index (χ4v) is 1.22. The molecule has 1 nitrogen and oxygen atoms in total. The first kappa shape index (κ1) is 9.45. The summed E-state index contributed by atoms with van der Waals surface area (Å²) in [5, 5.41) is 0.276. The fourth-order valence-electron chi connectivity index (χ4n) is 0.895. The van der Waals surface area contributed by atoms with Gasteiger partial charge in [-0.1, -0.05) is 27.5 Å². The molecule has 1 aromatic rings. The average molecular weight is 229 g/mol. The second-order valence-electron chi connectivity index (χ2n) is 2.52. The summed E-state index contributed by atoms with van der Waals surface area (Å²) in [7, 11) is 1.64. The quantitative estimate of drug-likeness (QED) is 0.413. The third-order valence-corrected chi connectivity index (χ3v) is 2.11. The van der Waals surface area contributed by atoms with Crippen LogP contribution in [0.5, 0.6) is 0 Å². The van der Waals surface area contributed by atoms with Crippen molar-refractivity contribution in [2.75, 3.05) is 5.33 Å². The van der Waals surface area contributed by atoms with Gasteiger partial charge in [0.25, 0.3) is 0 Å². The van der Waals surface area contributed by atoms with Crippen LogP contribution in [0.1, 0.15) is 10.4 Å². The topological polar surface area (TPSA) is 17.1 Å². The first-order valence-corrected chi connectivity index (χ1v) is 4.62. The third-order valence-electron chi connectivity index (χ3n) is 1.60. The van der Waals surface area contributed by atoms with Crippen molar-refractivity contribution < 1.29 is 9.18 Å². The number of rotatable bonds is 2. The number of hydrogen-bond acceptors (Lipinski definition) is 1. The van der Waals surface area contributed by atoms with Crippen LogP contribution in [0.3, 0.4) is 0 Å². The second kappa shape index (κ2) is 3.85. The lowest BCUT2D eigenvalue weighted by atomic mass is 9.93. The molecule has 12 heavy (non-hydrogen) atoms. The number of carbonyl (C=O) groups excluding carboxylic acids is 1. The highest BCUT2D eigenvalue weighted by atomic mass is 79.9. The van der Waals surface area contributed by atoms with Crippen molar-refractivity contribution in [3.05, 3.63) is 29.6 Å². The van der Waals surface area contributed by atoms with E-state index >= 15 is 0 Å². The maximum atomic E-state index is 12.7. The van der Waals surface area contributed by atoms with Crippen LogP contribution >= 0.6 is 15.9 Å². The molecule has 0 aliphatic heterocycles. The van der Waals surface area contributed by atoms with E-state index in [1.165, 1.54) is 12.1 Å². The maximum Gasteiger partial charge on any atom is 0.173 e. The molecular formula is C8H7BBrFO. The number of carbonyl (C=O) groups is 1. The first-order valence-electron chi connectivity index (χ1n) is 3.50. The Morgan fingerprint density at radius 2 is 2.25 bits per heavy atom. The molecule has 1 rings (SSSR count). The molecule has 0 heterocycles. The van der Waals surface area contributed by atoms with Crippen LogP contribution in [0.15, 0.2) is 18.2 Å². The van der Waals surface area contributed by atoms with Gasteiger partial charge in [0, 0.05) is 5.56 Å². The predicted octanol–water partition coefficient (Wildman–Crippen LogP) is 0.662. The van der Waals surface area contributed by atoms with Gasteiger partial charge in [0.05, 0.1) is 5.33 Å². The summed E-state index contributed by atoms with van der Waals surface area (Å²) in [6.07, 6.45) is 0. The van der Waals surface area contributed by atoms with Crippen molar-refractivity contribution in [1.29, 1.82) is 0 Å². The molecule has 0 fully saturated rings. The van der Waals surface area contributed by atoms with Crippen LogP contribution in [0.25, 0.3) is 0 Å². The monoisotopic (exact) mass is 228 g/mol. The number of Topliss-reactive ketones (excluding diaryl/α,β-unsaturated/α-hetero) is 1. The molecule has 0 spiro atoms. The number of halogens is 2. The lowest BCUT2D eigenvalue weighted by molar-refractivity contribution is 0.102. The maximum absolute atomic E-state index is 12.7. The highest BCUT2D eigenvalue weighted by Gasteiger charge is 2.05. The number of benzene rings is 1. The largest absolute Gasteiger partial charge is 0.293 e. The number of hydrogen-bond donors (Lipinski definition) is 0. The van der Waals surface area contributed by atoms with E-state index in [0.29, 0.717) is 11.0 Å². The molecule has 0 unspecified atom stereocenters. The van der Waals surface area contributed by atoms with Gasteiger partial charge >= 0.3 is 0 Å². The molecule has 62 valence electrons. The molecule has 0 saturated carbocycles. The highest BCUT2D eigenvalue weighted by Crippen LogP contribution is 2.02. The molecule has 0 radical (unpaired) electrons. The molecule has 0 aromatic heterocycles. The predicted molar refractivity (Wildman–Crippen MR) is 52.7 cm³/mol. The van der Waals surface area contributed by atoms with E-state index in [1.54, 1.807) is 13.9 Å². The van der Waals surface area contributed by atoms with E-state index in [0.717, 1.165) is 0 Å². The van der Waals surface area contributed by atoms with E-state index in [-0.39, 0.29) is 16.9 Å². The van der Waals surface area contributed by atoms with Gasteiger partial charge in [-0.15, -0.1) is 0 Å². The van der Waals surface area contributed by atoms with Gasteiger partial charge in [0.1, 0.15) is 13.7 Å². The minimum atomic E-state index is -0.277. The first-order chi connectivity index (χ1) is 5.65. The van der Waals surface area contributed by atoms with Gasteiger partial charge in [-0.05, 0) is 12.1 Å². The Morgan fingerprint density at radius 1 is 1.58 bits per heavy atom. The smallest absolute Gasteiger partial charge is 0.173 e. The van der Waals surface area contributed by atoms with Crippen molar-refractivity contribution in [1.82, 2.24) is 0 Å². The fraction of sp³-hybridized carbons (Fsp3) is 0.125. The summed E-state index contributed by atoms with van der Waals surface area (Å²) in [6.45, 7) is 0. The lowest BCUT2D eigenvalue weighted by Gasteiger charge is -1.99. The molecule has 1 aromatic carbocycles. The van der Waals surface area contributed by atoms with Crippen LogP contribution < -0.4 is 5.46 Å². The van der Waals surface area contributed by atoms with Gasteiger partial charge in [-0.25, -0.2) is 4.39 Å². The zero-order valence-corrected chi connectivity index (χ0v) is 8.19. The molecule has 4 heteroatoms. The molecule has 0 atom stereocenters. The van der Waals surface area contributed by atoms with Crippen molar-refractivity contribution in [2.24, 2.45) is 0 Å². The van der Waals surface area contributed by atoms with Crippen LogP contribution in [0, 0.1) is 5.82 Å². The molecule has 0 N–H and O–H groups in total. The van der Waals surface area contributed by atoms with Gasteiger partial charge < -0.3 is 0 Å². The summed E-state index contributed by atoms with van der Waals surface area (Å²) in [5.74, 6) is -0.306. The van der Waals surface area contributed by atoms with E-state index < -0.39 is 0 Å². The zero-order chi connectivity index (χ0) is 9.14. The van der Waals surface area contributed by atoms with E-state index in [9.17, 15) is 9.18 Å². The molecular weight excluding hydrogens is 222 g/mol. The van der Waals surface area contributed by atoms with Gasteiger partial charge in [0.2, 0.25) is 0 Å². The Labute approximate surface area is 79.5 Å². The van der Waals surface area contributed by atoms with E-state index in [1.807, 2.05) is 0 Å². The standard InChI is InChI=1S/C8H7BBrFO/c9-6-3-5(8(12)4-10)1-2-7(6)11/h1-3H,4,9H2. The normalized spacial score (nSPS) is 9.83. The summed E-state index contributed by atoms with van der Waals surface area (Å²) in [6, 6.07) is 4.36. The molecule has 0 amide bonds. The van der Waals surface area contributed by atoms with Gasteiger partial charge in [-0.3, -0.25) is 4.79 Å². The Hall–Kier alpha value is -0.635. The van der Waals surface area contributed by atoms with Crippen molar-refractivity contribution >= 4 is 35.0 Å². The van der Waals surface area contributed by atoms with Crippen molar-refractivity contribution in [2.45, 2.75) is 0 Å². The second-order valence-corrected chi connectivity index (χ2v) is 3.08. The minimum Gasteiger partial charge on any atom is -0.293 e. The average Bonchev–Trinajstić information content (AvgIpc) is 2.08. The van der Waals surface area contributed by atoms with Gasteiger partial charge in [0.15, 0.2) is 5.78 Å². The molecule has 0 bridgehead atoms. The Morgan fingerprint density at radius 3 is 2.75 bits per heavy atom. The highest BCUT2D eigenvalue weighted by molar-refractivity contribution is 9.09.